The zero-order valence-electron chi connectivity index (χ0n) is 11.3. The predicted molar refractivity (Wildman–Crippen MR) is 72.5 cm³/mol. The molecule has 0 aliphatic heterocycles. The predicted octanol–water partition coefficient (Wildman–Crippen LogP) is 0.356. The van der Waals surface area contributed by atoms with Crippen molar-refractivity contribution in [3.8, 4) is 12.3 Å². The molecule has 0 amide bonds. The summed E-state index contributed by atoms with van der Waals surface area (Å²) in [5.74, 6) is 1.36. The number of carboxylic acids is 1. The van der Waals surface area contributed by atoms with E-state index in [1.54, 1.807) is 11.5 Å². The average molecular weight is 299 g/mol. The molecule has 110 valence electrons. The molecule has 0 aromatic carbocycles. The van der Waals surface area contributed by atoms with Crippen molar-refractivity contribution in [1.82, 2.24) is 14.3 Å². The van der Waals surface area contributed by atoms with Gasteiger partial charge in [0.2, 0.25) is 0 Å². The third-order valence-corrected chi connectivity index (χ3v) is 3.95. The number of aromatic nitrogens is 2. The second-order valence-electron chi connectivity index (χ2n) is 4.24. The van der Waals surface area contributed by atoms with Crippen LogP contribution in [0.3, 0.4) is 0 Å². The smallest absolute Gasteiger partial charge is 0.322 e. The Hall–Kier alpha value is -1.85. The first-order valence-corrected chi connectivity index (χ1v) is 7.52. The topological polar surface area (TPSA) is 101 Å². The maximum absolute atomic E-state index is 12.1. The molecule has 0 spiro atoms. The number of sulfonamides is 1. The monoisotopic (exact) mass is 299 g/mol. The Bertz CT molecular complexity index is 628. The first kappa shape index (κ1) is 16.2. The summed E-state index contributed by atoms with van der Waals surface area (Å²) in [7, 11) is -4.01. The van der Waals surface area contributed by atoms with Crippen LogP contribution in [0.4, 0.5) is 0 Å². The van der Waals surface area contributed by atoms with Crippen LogP contribution in [0.2, 0.25) is 0 Å². The van der Waals surface area contributed by atoms with E-state index in [4.69, 9.17) is 11.5 Å². The molecule has 0 bridgehead atoms. The van der Waals surface area contributed by atoms with Crippen LogP contribution in [0, 0.1) is 19.3 Å². The van der Waals surface area contributed by atoms with Crippen LogP contribution in [-0.4, -0.2) is 35.1 Å². The molecule has 0 saturated heterocycles. The number of nitrogens with zero attached hydrogens (tertiary/aromatic N) is 2. The Labute approximate surface area is 118 Å². The molecule has 7 nitrogen and oxygen atoms in total. The van der Waals surface area contributed by atoms with Crippen molar-refractivity contribution < 1.29 is 18.3 Å². The highest BCUT2D eigenvalue weighted by molar-refractivity contribution is 7.89. The second kappa shape index (κ2) is 6.54. The van der Waals surface area contributed by atoms with Crippen molar-refractivity contribution in [3.05, 3.63) is 12.0 Å². The van der Waals surface area contributed by atoms with Crippen LogP contribution in [0.15, 0.2) is 11.2 Å². The number of rotatable bonds is 7. The van der Waals surface area contributed by atoms with Gasteiger partial charge < -0.3 is 9.67 Å². The van der Waals surface area contributed by atoms with Crippen molar-refractivity contribution in [2.75, 3.05) is 0 Å². The maximum Gasteiger partial charge on any atom is 0.322 e. The summed E-state index contributed by atoms with van der Waals surface area (Å²) in [5.41, 5.74) is 0. The summed E-state index contributed by atoms with van der Waals surface area (Å²) in [5, 5.41) is 8.71. The summed E-state index contributed by atoms with van der Waals surface area (Å²) in [6, 6.07) is -1.36. The number of aliphatic carboxylic acids is 1. The van der Waals surface area contributed by atoms with Crippen molar-refractivity contribution in [2.24, 2.45) is 0 Å². The van der Waals surface area contributed by atoms with Crippen LogP contribution in [-0.2, 0) is 21.4 Å². The van der Waals surface area contributed by atoms with E-state index < -0.39 is 22.0 Å². The van der Waals surface area contributed by atoms with Gasteiger partial charge in [-0.1, -0.05) is 6.92 Å². The van der Waals surface area contributed by atoms with Crippen LogP contribution in [0.5, 0.6) is 0 Å². The molecule has 1 aromatic heterocycles. The lowest BCUT2D eigenvalue weighted by Gasteiger charge is -2.10. The molecule has 0 radical (unpaired) electrons. The van der Waals surface area contributed by atoms with E-state index in [0.29, 0.717) is 12.4 Å². The summed E-state index contributed by atoms with van der Waals surface area (Å²) < 4.78 is 27.9. The minimum absolute atomic E-state index is 0.202. The zero-order valence-corrected chi connectivity index (χ0v) is 12.1. The Balaban J connectivity index is 3.02. The van der Waals surface area contributed by atoms with Crippen LogP contribution < -0.4 is 4.72 Å². The van der Waals surface area contributed by atoms with E-state index >= 15 is 0 Å². The van der Waals surface area contributed by atoms with E-state index in [9.17, 15) is 13.2 Å². The first-order chi connectivity index (χ1) is 9.31. The van der Waals surface area contributed by atoms with Gasteiger partial charge in [-0.3, -0.25) is 4.79 Å². The quantitative estimate of drug-likeness (QED) is 0.708. The number of hydrogen-bond acceptors (Lipinski definition) is 4. The number of aryl methyl sites for hydroxylation is 2. The van der Waals surface area contributed by atoms with Crippen molar-refractivity contribution >= 4 is 16.0 Å². The van der Waals surface area contributed by atoms with Gasteiger partial charge in [-0.2, -0.15) is 4.72 Å². The Morgan fingerprint density at radius 3 is 2.80 bits per heavy atom. The minimum Gasteiger partial charge on any atom is -0.480 e. The SMILES string of the molecule is C#CCC(NS(=O)(=O)c1cn(CCC)c(C)n1)C(=O)O. The fraction of sp³-hybridized carbons (Fsp3) is 0.500. The van der Waals surface area contributed by atoms with E-state index in [-0.39, 0.29) is 11.4 Å². The van der Waals surface area contributed by atoms with Crippen molar-refractivity contribution in [1.29, 1.82) is 0 Å². The van der Waals surface area contributed by atoms with Crippen LogP contribution in [0.1, 0.15) is 25.6 Å². The van der Waals surface area contributed by atoms with Gasteiger partial charge in [0.1, 0.15) is 11.9 Å². The summed E-state index contributed by atoms with van der Waals surface area (Å²) in [4.78, 5) is 14.9. The molecular formula is C12H17N3O4S. The fourth-order valence-corrected chi connectivity index (χ4v) is 2.82. The van der Waals surface area contributed by atoms with Gasteiger partial charge in [-0.05, 0) is 13.3 Å². The van der Waals surface area contributed by atoms with E-state index in [1.807, 2.05) is 11.6 Å². The highest BCUT2D eigenvalue weighted by Crippen LogP contribution is 2.11. The molecule has 1 aromatic rings. The number of carbonyl (C=O) groups is 1. The Morgan fingerprint density at radius 1 is 1.65 bits per heavy atom. The molecule has 0 fully saturated rings. The van der Waals surface area contributed by atoms with Crippen molar-refractivity contribution in [2.45, 2.75) is 44.3 Å². The molecule has 1 heterocycles. The number of imidazole rings is 1. The molecular weight excluding hydrogens is 282 g/mol. The molecule has 2 N–H and O–H groups in total. The third-order valence-electron chi connectivity index (χ3n) is 2.61. The summed E-state index contributed by atoms with van der Waals surface area (Å²) in [6.07, 6.45) is 7.01. The lowest BCUT2D eigenvalue weighted by Crippen LogP contribution is -2.40. The van der Waals surface area contributed by atoms with Crippen molar-refractivity contribution in [3.63, 3.8) is 0 Å². The normalized spacial score (nSPS) is 12.8. The van der Waals surface area contributed by atoms with Gasteiger partial charge in [0.05, 0.1) is 0 Å². The molecule has 1 atom stereocenters. The highest BCUT2D eigenvalue weighted by Gasteiger charge is 2.26. The third kappa shape index (κ3) is 3.82. The Morgan fingerprint density at radius 2 is 2.30 bits per heavy atom. The molecule has 0 saturated carbocycles. The van der Waals surface area contributed by atoms with Gasteiger partial charge in [-0.15, -0.1) is 12.3 Å². The van der Waals surface area contributed by atoms with Gasteiger partial charge in [0.25, 0.3) is 10.0 Å². The lowest BCUT2D eigenvalue weighted by atomic mass is 10.2. The van der Waals surface area contributed by atoms with Gasteiger partial charge >= 0.3 is 5.97 Å². The molecule has 1 unspecified atom stereocenters. The lowest BCUT2D eigenvalue weighted by molar-refractivity contribution is -0.138. The maximum atomic E-state index is 12.1. The Kier molecular flexibility index (Phi) is 5.30. The first-order valence-electron chi connectivity index (χ1n) is 6.04. The van der Waals surface area contributed by atoms with E-state index in [1.165, 1.54) is 6.20 Å². The van der Waals surface area contributed by atoms with E-state index in [0.717, 1.165) is 6.42 Å². The number of nitrogens with one attached hydrogen (secondary N) is 1. The second-order valence-corrected chi connectivity index (χ2v) is 5.90. The summed E-state index contributed by atoms with van der Waals surface area (Å²) in [6.45, 7) is 4.28. The summed E-state index contributed by atoms with van der Waals surface area (Å²) >= 11 is 0. The zero-order chi connectivity index (χ0) is 15.3. The molecule has 0 aliphatic carbocycles. The highest BCUT2D eigenvalue weighted by atomic mass is 32.2. The van der Waals surface area contributed by atoms with Gasteiger partial charge in [0.15, 0.2) is 5.03 Å². The van der Waals surface area contributed by atoms with Crippen LogP contribution in [0.25, 0.3) is 0 Å². The molecule has 0 aliphatic rings. The molecule has 8 heteroatoms. The number of hydrogen-bond donors (Lipinski definition) is 2. The largest absolute Gasteiger partial charge is 0.480 e. The van der Waals surface area contributed by atoms with E-state index in [2.05, 4.69) is 10.9 Å². The molecule has 1 rings (SSSR count). The fourth-order valence-electron chi connectivity index (χ4n) is 1.62. The van der Waals surface area contributed by atoms with Gasteiger partial charge in [-0.25, -0.2) is 13.4 Å². The number of terminal acetylenes is 1. The minimum atomic E-state index is -4.01. The standard InChI is InChI=1S/C12H17N3O4S/c1-4-6-10(12(16)17)14-20(18,19)11-8-15(7-5-2)9(3)13-11/h1,8,10,14H,5-7H2,2-3H3,(H,16,17). The average Bonchev–Trinajstić information content (AvgIpc) is 2.71. The van der Waals surface area contributed by atoms with Gasteiger partial charge in [0, 0.05) is 19.2 Å². The molecule has 20 heavy (non-hydrogen) atoms. The van der Waals surface area contributed by atoms with Crippen LogP contribution >= 0.6 is 0 Å². The number of carboxylic acid groups (broad SMARTS) is 1.